The Hall–Kier alpha value is -1.10. The van der Waals surface area contributed by atoms with Gasteiger partial charge in [0, 0.05) is 6.04 Å². The minimum absolute atomic E-state index is 0.149. The molecule has 0 aliphatic heterocycles. The summed E-state index contributed by atoms with van der Waals surface area (Å²) in [5.74, 6) is 0. The van der Waals surface area contributed by atoms with Crippen LogP contribution in [0.15, 0.2) is 0 Å². The summed E-state index contributed by atoms with van der Waals surface area (Å²) in [7, 11) is 0. The van der Waals surface area contributed by atoms with Gasteiger partial charge in [-0.2, -0.15) is 10.5 Å². The van der Waals surface area contributed by atoms with Crippen molar-refractivity contribution in [2.75, 3.05) is 13.1 Å². The normalized spacial score (nSPS) is 14.8. The second-order valence-corrected chi connectivity index (χ2v) is 2.70. The zero-order chi connectivity index (χ0) is 9.56. The van der Waals surface area contributed by atoms with Crippen LogP contribution in [0.1, 0.15) is 13.8 Å². The maximum atomic E-state index is 9.18. The van der Waals surface area contributed by atoms with Crippen molar-refractivity contribution < 1.29 is 5.11 Å². The van der Waals surface area contributed by atoms with E-state index in [4.69, 9.17) is 10.5 Å². The summed E-state index contributed by atoms with van der Waals surface area (Å²) < 4.78 is 0. The molecular weight excluding hydrogens is 154 g/mol. The summed E-state index contributed by atoms with van der Waals surface area (Å²) in [6.45, 7) is 3.80. The summed E-state index contributed by atoms with van der Waals surface area (Å²) >= 11 is 0. The van der Waals surface area contributed by atoms with Crippen LogP contribution in [-0.4, -0.2) is 35.2 Å². The quantitative estimate of drug-likeness (QED) is 0.603. The molecule has 0 aromatic rings. The summed E-state index contributed by atoms with van der Waals surface area (Å²) in [5, 5.41) is 26.0. The van der Waals surface area contributed by atoms with Crippen LogP contribution in [0.4, 0.5) is 0 Å². The number of rotatable bonds is 4. The smallest absolute Gasteiger partial charge is 0.0877 e. The molecule has 0 spiro atoms. The molecule has 2 atom stereocenters. The molecule has 0 radical (unpaired) electrons. The molecule has 0 aromatic heterocycles. The highest BCUT2D eigenvalue weighted by molar-refractivity contribution is 4.87. The summed E-state index contributed by atoms with van der Waals surface area (Å²) in [5.41, 5.74) is 0. The van der Waals surface area contributed by atoms with Gasteiger partial charge in [-0.3, -0.25) is 4.90 Å². The van der Waals surface area contributed by atoms with Crippen LogP contribution in [0.2, 0.25) is 0 Å². The standard InChI is InChI=1S/C8H13N3O/c1-7(8(2)12)11(5-3-9)6-4-10/h7-8,12H,5-6H2,1-2H3. The molecule has 0 fully saturated rings. The maximum absolute atomic E-state index is 9.18. The number of nitriles is 2. The minimum atomic E-state index is -0.522. The fourth-order valence-electron chi connectivity index (χ4n) is 0.831. The van der Waals surface area contributed by atoms with E-state index in [-0.39, 0.29) is 19.1 Å². The first kappa shape index (κ1) is 10.9. The third-order valence-electron chi connectivity index (χ3n) is 1.82. The van der Waals surface area contributed by atoms with Gasteiger partial charge in [0.1, 0.15) is 0 Å². The zero-order valence-corrected chi connectivity index (χ0v) is 7.36. The first-order chi connectivity index (χ1) is 5.63. The highest BCUT2D eigenvalue weighted by Crippen LogP contribution is 2.02. The molecule has 4 heteroatoms. The molecule has 0 bridgehead atoms. The molecular formula is C8H13N3O. The second-order valence-electron chi connectivity index (χ2n) is 2.70. The van der Waals surface area contributed by atoms with Crippen molar-refractivity contribution in [2.45, 2.75) is 26.0 Å². The number of aliphatic hydroxyl groups excluding tert-OH is 1. The van der Waals surface area contributed by atoms with Crippen LogP contribution in [0.3, 0.4) is 0 Å². The van der Waals surface area contributed by atoms with Crippen LogP contribution in [0.25, 0.3) is 0 Å². The Morgan fingerprint density at radius 2 is 1.67 bits per heavy atom. The van der Waals surface area contributed by atoms with Crippen molar-refractivity contribution >= 4 is 0 Å². The lowest BCUT2D eigenvalue weighted by Gasteiger charge is -2.25. The van der Waals surface area contributed by atoms with Crippen LogP contribution >= 0.6 is 0 Å². The SMILES string of the molecule is CC(O)C(C)N(CC#N)CC#N. The molecule has 0 aromatic carbocycles. The fraction of sp³-hybridized carbons (Fsp3) is 0.750. The van der Waals surface area contributed by atoms with E-state index in [1.54, 1.807) is 18.7 Å². The molecule has 0 aliphatic carbocycles. The van der Waals surface area contributed by atoms with Crippen molar-refractivity contribution in [1.82, 2.24) is 4.90 Å². The third kappa shape index (κ3) is 3.34. The van der Waals surface area contributed by atoms with Crippen molar-refractivity contribution in [2.24, 2.45) is 0 Å². The van der Waals surface area contributed by atoms with Gasteiger partial charge >= 0.3 is 0 Å². The lowest BCUT2D eigenvalue weighted by atomic mass is 10.2. The summed E-state index contributed by atoms with van der Waals surface area (Å²) in [4.78, 5) is 1.63. The summed E-state index contributed by atoms with van der Waals surface area (Å²) in [6.07, 6.45) is -0.522. The van der Waals surface area contributed by atoms with Crippen molar-refractivity contribution in [1.29, 1.82) is 10.5 Å². The van der Waals surface area contributed by atoms with E-state index in [0.717, 1.165) is 0 Å². The van der Waals surface area contributed by atoms with Crippen LogP contribution < -0.4 is 0 Å². The predicted octanol–water partition coefficient (Wildman–Crippen LogP) is 0.105. The van der Waals surface area contributed by atoms with Crippen molar-refractivity contribution in [3.8, 4) is 12.1 Å². The molecule has 2 unspecified atom stereocenters. The number of aliphatic hydroxyl groups is 1. The second kappa shape index (κ2) is 5.54. The predicted molar refractivity (Wildman–Crippen MR) is 43.9 cm³/mol. The highest BCUT2D eigenvalue weighted by atomic mass is 16.3. The first-order valence-corrected chi connectivity index (χ1v) is 3.79. The topological polar surface area (TPSA) is 71.0 Å². The maximum Gasteiger partial charge on any atom is 0.0877 e. The Labute approximate surface area is 72.6 Å². The number of hydrogen-bond acceptors (Lipinski definition) is 4. The third-order valence-corrected chi connectivity index (χ3v) is 1.82. The molecule has 1 N–H and O–H groups in total. The van der Waals surface area contributed by atoms with Gasteiger partial charge in [0.25, 0.3) is 0 Å². The Morgan fingerprint density at radius 3 is 1.92 bits per heavy atom. The van der Waals surface area contributed by atoms with E-state index in [9.17, 15) is 5.11 Å². The van der Waals surface area contributed by atoms with E-state index in [0.29, 0.717) is 0 Å². The molecule has 0 saturated heterocycles. The van der Waals surface area contributed by atoms with E-state index in [1.165, 1.54) is 0 Å². The molecule has 0 rings (SSSR count). The molecule has 12 heavy (non-hydrogen) atoms. The molecule has 0 aliphatic rings. The van der Waals surface area contributed by atoms with E-state index >= 15 is 0 Å². The molecule has 0 heterocycles. The Balaban J connectivity index is 4.12. The van der Waals surface area contributed by atoms with Crippen molar-refractivity contribution in [3.63, 3.8) is 0 Å². The van der Waals surface area contributed by atoms with Gasteiger partial charge in [-0.1, -0.05) is 0 Å². The van der Waals surface area contributed by atoms with Gasteiger partial charge in [-0.15, -0.1) is 0 Å². The highest BCUT2D eigenvalue weighted by Gasteiger charge is 2.17. The van der Waals surface area contributed by atoms with E-state index in [1.807, 2.05) is 12.1 Å². The van der Waals surface area contributed by atoms with Gasteiger partial charge < -0.3 is 5.11 Å². The van der Waals surface area contributed by atoms with Crippen molar-refractivity contribution in [3.05, 3.63) is 0 Å². The lowest BCUT2D eigenvalue weighted by Crippen LogP contribution is -2.40. The fourth-order valence-corrected chi connectivity index (χ4v) is 0.831. The Morgan fingerprint density at radius 1 is 1.25 bits per heavy atom. The number of hydrogen-bond donors (Lipinski definition) is 1. The number of nitrogens with zero attached hydrogens (tertiary/aromatic N) is 3. The molecule has 4 nitrogen and oxygen atoms in total. The minimum Gasteiger partial charge on any atom is -0.392 e. The monoisotopic (exact) mass is 167 g/mol. The Bertz CT molecular complexity index is 185. The van der Waals surface area contributed by atoms with Gasteiger partial charge in [0.15, 0.2) is 0 Å². The van der Waals surface area contributed by atoms with Crippen LogP contribution in [0.5, 0.6) is 0 Å². The zero-order valence-electron chi connectivity index (χ0n) is 7.36. The van der Waals surface area contributed by atoms with Crippen LogP contribution in [0, 0.1) is 22.7 Å². The molecule has 0 amide bonds. The van der Waals surface area contributed by atoms with E-state index in [2.05, 4.69) is 0 Å². The molecule has 66 valence electrons. The largest absolute Gasteiger partial charge is 0.392 e. The summed E-state index contributed by atoms with van der Waals surface area (Å²) in [6, 6.07) is 3.76. The lowest BCUT2D eigenvalue weighted by molar-refractivity contribution is 0.0866. The van der Waals surface area contributed by atoms with Gasteiger partial charge in [-0.05, 0) is 13.8 Å². The average molecular weight is 167 g/mol. The van der Waals surface area contributed by atoms with Gasteiger partial charge in [-0.25, -0.2) is 0 Å². The first-order valence-electron chi connectivity index (χ1n) is 3.79. The van der Waals surface area contributed by atoms with Gasteiger partial charge in [0.05, 0.1) is 31.3 Å². The van der Waals surface area contributed by atoms with E-state index < -0.39 is 6.10 Å². The van der Waals surface area contributed by atoms with Crippen LogP contribution in [-0.2, 0) is 0 Å². The molecule has 0 saturated carbocycles. The van der Waals surface area contributed by atoms with Gasteiger partial charge in [0.2, 0.25) is 0 Å². The Kier molecular flexibility index (Phi) is 5.03. The average Bonchev–Trinajstić information content (AvgIpc) is 2.03.